The van der Waals surface area contributed by atoms with Crippen molar-refractivity contribution in [3.05, 3.63) is 82.9 Å². The summed E-state index contributed by atoms with van der Waals surface area (Å²) in [6, 6.07) is 20.2. The summed E-state index contributed by atoms with van der Waals surface area (Å²) in [6.07, 6.45) is 2.67. The van der Waals surface area contributed by atoms with E-state index >= 15 is 0 Å². The molecule has 0 saturated carbocycles. The molecule has 0 aliphatic carbocycles. The first kappa shape index (κ1) is 23.8. The smallest absolute Gasteiger partial charge is 0.320 e. The highest BCUT2D eigenvalue weighted by molar-refractivity contribution is 5.73. The molecule has 5 nitrogen and oxygen atoms in total. The number of aliphatic carboxylic acids is 1. The lowest BCUT2D eigenvalue weighted by Gasteiger charge is -2.33. The number of hydrogen-bond acceptors (Lipinski definition) is 4. The minimum Gasteiger partial charge on any atom is -0.496 e. The number of carboxylic acid groups (broad SMARTS) is 1. The molecule has 3 aromatic carbocycles. The zero-order valence-electron chi connectivity index (χ0n) is 20.2. The Morgan fingerprint density at radius 1 is 0.971 bits per heavy atom. The van der Waals surface area contributed by atoms with Gasteiger partial charge < -0.3 is 14.6 Å². The highest BCUT2D eigenvalue weighted by Crippen LogP contribution is 2.34. The fourth-order valence-electron chi connectivity index (χ4n) is 4.90. The summed E-state index contributed by atoms with van der Waals surface area (Å²) in [7, 11) is 1.66. The van der Waals surface area contributed by atoms with Crippen molar-refractivity contribution >= 4 is 5.97 Å². The molecule has 4 rings (SSSR count). The van der Waals surface area contributed by atoms with E-state index in [4.69, 9.17) is 9.47 Å². The van der Waals surface area contributed by atoms with Crippen LogP contribution in [-0.4, -0.2) is 35.7 Å². The molecule has 1 N–H and O–H groups in total. The normalized spacial score (nSPS) is 16.3. The van der Waals surface area contributed by atoms with Crippen LogP contribution in [0.25, 0.3) is 11.1 Å². The molecule has 0 amide bonds. The average molecular weight is 460 g/mol. The second-order valence-corrected chi connectivity index (χ2v) is 8.95. The Morgan fingerprint density at radius 3 is 2.50 bits per heavy atom. The summed E-state index contributed by atoms with van der Waals surface area (Å²) in [6.45, 7) is 5.93. The van der Waals surface area contributed by atoms with Gasteiger partial charge in [0.15, 0.2) is 0 Å². The maximum atomic E-state index is 11.7. The molecule has 3 aromatic rings. The summed E-state index contributed by atoms with van der Waals surface area (Å²) in [5.41, 5.74) is 6.67. The second-order valence-electron chi connectivity index (χ2n) is 8.95. The minimum absolute atomic E-state index is 0.436. The van der Waals surface area contributed by atoms with E-state index in [-0.39, 0.29) is 0 Å². The fraction of sp³-hybridized carbons (Fsp3) is 0.345. The zero-order valence-corrected chi connectivity index (χ0v) is 20.2. The van der Waals surface area contributed by atoms with Crippen LogP contribution in [0, 0.1) is 13.8 Å². The number of likely N-dealkylation sites (tertiary alicyclic amines) is 1. The van der Waals surface area contributed by atoms with Crippen molar-refractivity contribution in [2.24, 2.45) is 0 Å². The number of rotatable bonds is 8. The van der Waals surface area contributed by atoms with Gasteiger partial charge in [-0.25, -0.2) is 0 Å². The van der Waals surface area contributed by atoms with E-state index in [1.165, 1.54) is 16.7 Å². The largest absolute Gasteiger partial charge is 0.496 e. The van der Waals surface area contributed by atoms with Gasteiger partial charge in [-0.15, -0.1) is 0 Å². The SMILES string of the molecule is COc1c(CN2CCCC[C@H]2C(=O)O)ccc(OCc2cccc(-c3ccccc3)c2C)c1C. The third-order valence-corrected chi connectivity index (χ3v) is 6.83. The summed E-state index contributed by atoms with van der Waals surface area (Å²) < 4.78 is 12.0. The summed E-state index contributed by atoms with van der Waals surface area (Å²) >= 11 is 0. The Labute approximate surface area is 201 Å². The number of ether oxygens (including phenoxy) is 2. The Hall–Kier alpha value is -3.31. The van der Waals surface area contributed by atoms with Crippen LogP contribution in [0.1, 0.15) is 41.5 Å². The van der Waals surface area contributed by atoms with Crippen molar-refractivity contribution in [1.82, 2.24) is 4.90 Å². The van der Waals surface area contributed by atoms with Crippen molar-refractivity contribution < 1.29 is 19.4 Å². The number of benzene rings is 3. The molecule has 0 unspecified atom stereocenters. The topological polar surface area (TPSA) is 59.0 Å². The number of nitrogens with zero attached hydrogens (tertiary/aromatic N) is 1. The van der Waals surface area contributed by atoms with Crippen molar-refractivity contribution in [3.63, 3.8) is 0 Å². The van der Waals surface area contributed by atoms with Crippen molar-refractivity contribution in [2.75, 3.05) is 13.7 Å². The van der Waals surface area contributed by atoms with Crippen LogP contribution in [0.3, 0.4) is 0 Å². The highest BCUT2D eigenvalue weighted by Gasteiger charge is 2.29. The molecule has 1 atom stereocenters. The quantitative estimate of drug-likeness (QED) is 0.448. The van der Waals surface area contributed by atoms with Gasteiger partial charge in [0.1, 0.15) is 24.1 Å². The molecule has 0 radical (unpaired) electrons. The van der Waals surface area contributed by atoms with E-state index < -0.39 is 12.0 Å². The number of hydrogen-bond donors (Lipinski definition) is 1. The van der Waals surface area contributed by atoms with Crippen LogP contribution in [-0.2, 0) is 17.9 Å². The Balaban J connectivity index is 1.52. The molecule has 5 heteroatoms. The van der Waals surface area contributed by atoms with Crippen LogP contribution in [0.2, 0.25) is 0 Å². The molecular weight excluding hydrogens is 426 g/mol. The van der Waals surface area contributed by atoms with Crippen molar-refractivity contribution in [2.45, 2.75) is 52.3 Å². The minimum atomic E-state index is -0.747. The zero-order chi connectivity index (χ0) is 24.1. The van der Waals surface area contributed by atoms with E-state index in [0.29, 0.717) is 19.6 Å². The fourth-order valence-corrected chi connectivity index (χ4v) is 4.90. The van der Waals surface area contributed by atoms with Crippen LogP contribution >= 0.6 is 0 Å². The predicted octanol–water partition coefficient (Wildman–Crippen LogP) is 6.00. The van der Waals surface area contributed by atoms with Gasteiger partial charge in [0.05, 0.1) is 7.11 Å². The van der Waals surface area contributed by atoms with Crippen LogP contribution in [0.4, 0.5) is 0 Å². The molecule has 1 fully saturated rings. The van der Waals surface area contributed by atoms with Gasteiger partial charge in [0.25, 0.3) is 0 Å². The first-order valence-electron chi connectivity index (χ1n) is 11.9. The average Bonchev–Trinajstić information content (AvgIpc) is 2.85. The molecule has 0 spiro atoms. The van der Waals surface area contributed by atoms with Gasteiger partial charge >= 0.3 is 5.97 Å². The molecule has 1 aliphatic rings. The van der Waals surface area contributed by atoms with E-state index in [1.807, 2.05) is 30.0 Å². The van der Waals surface area contributed by atoms with Crippen molar-refractivity contribution in [1.29, 1.82) is 0 Å². The molecule has 0 aromatic heterocycles. The first-order chi connectivity index (χ1) is 16.5. The Morgan fingerprint density at radius 2 is 1.76 bits per heavy atom. The van der Waals surface area contributed by atoms with Crippen LogP contribution in [0.5, 0.6) is 11.5 Å². The highest BCUT2D eigenvalue weighted by atomic mass is 16.5. The first-order valence-corrected chi connectivity index (χ1v) is 11.9. The van der Waals surface area contributed by atoms with Crippen LogP contribution in [0.15, 0.2) is 60.7 Å². The Bertz CT molecular complexity index is 1140. The van der Waals surface area contributed by atoms with Gasteiger partial charge in [-0.05, 0) is 61.6 Å². The molecular formula is C29H33NO4. The molecule has 1 heterocycles. The van der Waals surface area contributed by atoms with E-state index in [1.54, 1.807) is 7.11 Å². The van der Waals surface area contributed by atoms with Gasteiger partial charge in [-0.3, -0.25) is 9.69 Å². The van der Waals surface area contributed by atoms with Gasteiger partial charge in [-0.2, -0.15) is 0 Å². The lowest BCUT2D eigenvalue weighted by atomic mass is 9.97. The molecule has 1 saturated heterocycles. The van der Waals surface area contributed by atoms with Gasteiger partial charge in [-0.1, -0.05) is 61.0 Å². The standard InChI is InChI=1S/C29H33NO4/c1-20-24(12-9-13-25(20)22-10-5-4-6-11-22)19-34-27-16-15-23(28(33-3)21(27)2)18-30-17-8-7-14-26(30)29(31)32/h4-6,9-13,15-16,26H,7-8,14,17-19H2,1-3H3,(H,31,32)/t26-/m0/s1. The predicted molar refractivity (Wildman–Crippen MR) is 134 cm³/mol. The maximum absolute atomic E-state index is 11.7. The molecule has 178 valence electrons. The molecule has 0 bridgehead atoms. The number of carbonyl (C=O) groups is 1. The summed E-state index contributed by atoms with van der Waals surface area (Å²) in [5.74, 6) is 0.795. The van der Waals surface area contributed by atoms with Gasteiger partial charge in [0, 0.05) is 17.7 Å². The maximum Gasteiger partial charge on any atom is 0.320 e. The van der Waals surface area contributed by atoms with E-state index in [9.17, 15) is 9.90 Å². The second kappa shape index (κ2) is 10.7. The Kier molecular flexibility index (Phi) is 7.53. The number of methoxy groups -OCH3 is 1. The third kappa shape index (κ3) is 5.10. The third-order valence-electron chi connectivity index (χ3n) is 6.83. The van der Waals surface area contributed by atoms with E-state index in [2.05, 4.69) is 49.4 Å². The number of piperidine rings is 1. The molecule has 34 heavy (non-hydrogen) atoms. The summed E-state index contributed by atoms with van der Waals surface area (Å²) in [4.78, 5) is 13.7. The monoisotopic (exact) mass is 459 g/mol. The lowest BCUT2D eigenvalue weighted by Crippen LogP contribution is -2.44. The number of carboxylic acids is 1. The van der Waals surface area contributed by atoms with Gasteiger partial charge in [0.2, 0.25) is 0 Å². The molecule has 1 aliphatic heterocycles. The van der Waals surface area contributed by atoms with Crippen molar-refractivity contribution in [3.8, 4) is 22.6 Å². The lowest BCUT2D eigenvalue weighted by molar-refractivity contribution is -0.144. The van der Waals surface area contributed by atoms with E-state index in [0.717, 1.165) is 47.6 Å². The van der Waals surface area contributed by atoms with Crippen LogP contribution < -0.4 is 9.47 Å². The summed E-state index contributed by atoms with van der Waals surface area (Å²) in [5, 5.41) is 9.61.